The maximum atomic E-state index is 9.79. The van der Waals surface area contributed by atoms with Crippen molar-refractivity contribution in [1.82, 2.24) is 0 Å². The van der Waals surface area contributed by atoms with Crippen molar-refractivity contribution in [3.63, 3.8) is 0 Å². The average molecular weight is 258 g/mol. The summed E-state index contributed by atoms with van der Waals surface area (Å²) in [5.74, 6) is 1.23. The molecule has 0 aliphatic carbocycles. The van der Waals surface area contributed by atoms with Gasteiger partial charge in [0, 0.05) is 5.56 Å². The standard InChI is InChI=1S/C16H18O3/c1-12(17)14-9-6-10-15(18-2)16(14)19-11-13-7-4-3-5-8-13/h3-10,12,17H,11H2,1-2H3/t12-/m1/s1. The fourth-order valence-corrected chi connectivity index (χ4v) is 1.91. The molecule has 0 aliphatic rings. The molecule has 0 amide bonds. The van der Waals surface area contributed by atoms with E-state index in [1.807, 2.05) is 48.5 Å². The van der Waals surface area contributed by atoms with E-state index in [4.69, 9.17) is 9.47 Å². The van der Waals surface area contributed by atoms with Crippen molar-refractivity contribution < 1.29 is 14.6 Å². The third-order valence-corrected chi connectivity index (χ3v) is 2.91. The van der Waals surface area contributed by atoms with Crippen LogP contribution in [0, 0.1) is 0 Å². The van der Waals surface area contributed by atoms with E-state index in [9.17, 15) is 5.11 Å². The second-order valence-corrected chi connectivity index (χ2v) is 4.33. The fraction of sp³-hybridized carbons (Fsp3) is 0.250. The van der Waals surface area contributed by atoms with Gasteiger partial charge in [-0.2, -0.15) is 0 Å². The summed E-state index contributed by atoms with van der Waals surface area (Å²) >= 11 is 0. The molecule has 0 fully saturated rings. The van der Waals surface area contributed by atoms with Gasteiger partial charge < -0.3 is 14.6 Å². The third-order valence-electron chi connectivity index (χ3n) is 2.91. The van der Waals surface area contributed by atoms with Gasteiger partial charge in [-0.25, -0.2) is 0 Å². The van der Waals surface area contributed by atoms with Gasteiger partial charge in [-0.3, -0.25) is 0 Å². The molecule has 0 aliphatic heterocycles. The predicted molar refractivity (Wildman–Crippen MR) is 74.4 cm³/mol. The zero-order chi connectivity index (χ0) is 13.7. The van der Waals surface area contributed by atoms with Gasteiger partial charge in [0.25, 0.3) is 0 Å². The maximum absolute atomic E-state index is 9.79. The van der Waals surface area contributed by atoms with Gasteiger partial charge >= 0.3 is 0 Å². The van der Waals surface area contributed by atoms with Crippen LogP contribution in [0.15, 0.2) is 48.5 Å². The summed E-state index contributed by atoms with van der Waals surface area (Å²) in [6, 6.07) is 15.4. The summed E-state index contributed by atoms with van der Waals surface area (Å²) in [4.78, 5) is 0. The highest BCUT2D eigenvalue weighted by Crippen LogP contribution is 2.35. The first-order valence-electron chi connectivity index (χ1n) is 6.24. The molecule has 0 aromatic heterocycles. The van der Waals surface area contributed by atoms with Gasteiger partial charge in [0.15, 0.2) is 11.5 Å². The Kier molecular flexibility index (Phi) is 4.42. The summed E-state index contributed by atoms with van der Waals surface area (Å²) in [5, 5.41) is 9.79. The number of benzene rings is 2. The number of aliphatic hydroxyl groups excluding tert-OH is 1. The van der Waals surface area contributed by atoms with E-state index in [-0.39, 0.29) is 0 Å². The number of hydrogen-bond acceptors (Lipinski definition) is 3. The second kappa shape index (κ2) is 6.25. The first-order chi connectivity index (χ1) is 9.22. The number of methoxy groups -OCH3 is 1. The van der Waals surface area contributed by atoms with E-state index in [1.165, 1.54) is 0 Å². The third kappa shape index (κ3) is 3.26. The van der Waals surface area contributed by atoms with Crippen LogP contribution in [0.2, 0.25) is 0 Å². The number of ether oxygens (including phenoxy) is 2. The van der Waals surface area contributed by atoms with Gasteiger partial charge in [-0.15, -0.1) is 0 Å². The van der Waals surface area contributed by atoms with Crippen molar-refractivity contribution in [3.05, 3.63) is 59.7 Å². The van der Waals surface area contributed by atoms with Crippen LogP contribution >= 0.6 is 0 Å². The molecule has 2 rings (SSSR count). The largest absolute Gasteiger partial charge is 0.493 e. The Hall–Kier alpha value is -2.00. The molecule has 0 saturated carbocycles. The molecule has 19 heavy (non-hydrogen) atoms. The quantitative estimate of drug-likeness (QED) is 0.894. The Balaban J connectivity index is 2.23. The highest BCUT2D eigenvalue weighted by molar-refractivity contribution is 5.47. The lowest BCUT2D eigenvalue weighted by molar-refractivity contribution is 0.188. The predicted octanol–water partition coefficient (Wildman–Crippen LogP) is 3.33. The molecule has 0 unspecified atom stereocenters. The second-order valence-electron chi connectivity index (χ2n) is 4.33. The molecule has 3 nitrogen and oxygen atoms in total. The summed E-state index contributed by atoms with van der Waals surface area (Å²) in [6.07, 6.45) is -0.596. The molecule has 0 heterocycles. The molecule has 0 radical (unpaired) electrons. The highest BCUT2D eigenvalue weighted by atomic mass is 16.5. The van der Waals surface area contributed by atoms with Crippen molar-refractivity contribution >= 4 is 0 Å². The maximum Gasteiger partial charge on any atom is 0.167 e. The van der Waals surface area contributed by atoms with Crippen molar-refractivity contribution in [3.8, 4) is 11.5 Å². The van der Waals surface area contributed by atoms with E-state index >= 15 is 0 Å². The molecule has 2 aromatic carbocycles. The molecule has 1 atom stereocenters. The first-order valence-corrected chi connectivity index (χ1v) is 6.24. The Labute approximate surface area is 113 Å². The van der Waals surface area contributed by atoms with E-state index in [1.54, 1.807) is 14.0 Å². The summed E-state index contributed by atoms with van der Waals surface area (Å²) in [6.45, 7) is 2.16. The van der Waals surface area contributed by atoms with Crippen LogP contribution in [0.1, 0.15) is 24.2 Å². The lowest BCUT2D eigenvalue weighted by Crippen LogP contribution is -2.03. The van der Waals surface area contributed by atoms with Crippen LogP contribution in [-0.4, -0.2) is 12.2 Å². The fourth-order valence-electron chi connectivity index (χ4n) is 1.91. The zero-order valence-electron chi connectivity index (χ0n) is 11.2. The molecule has 0 saturated heterocycles. The van der Waals surface area contributed by atoms with Crippen LogP contribution in [-0.2, 0) is 6.61 Å². The number of para-hydroxylation sites is 1. The van der Waals surface area contributed by atoms with Gasteiger partial charge in [0.2, 0.25) is 0 Å². The van der Waals surface area contributed by atoms with Gasteiger partial charge in [-0.1, -0.05) is 42.5 Å². The Bertz CT molecular complexity index is 521. The monoisotopic (exact) mass is 258 g/mol. The zero-order valence-corrected chi connectivity index (χ0v) is 11.2. The number of hydrogen-bond donors (Lipinski definition) is 1. The van der Waals surface area contributed by atoms with Crippen LogP contribution in [0.5, 0.6) is 11.5 Å². The van der Waals surface area contributed by atoms with Crippen molar-refractivity contribution in [1.29, 1.82) is 0 Å². The Morgan fingerprint density at radius 3 is 2.42 bits per heavy atom. The number of rotatable bonds is 5. The van der Waals surface area contributed by atoms with Crippen molar-refractivity contribution in [2.45, 2.75) is 19.6 Å². The van der Waals surface area contributed by atoms with Crippen molar-refractivity contribution in [2.24, 2.45) is 0 Å². The summed E-state index contributed by atoms with van der Waals surface area (Å²) in [7, 11) is 1.59. The molecule has 100 valence electrons. The van der Waals surface area contributed by atoms with E-state index in [0.717, 1.165) is 11.1 Å². The average Bonchev–Trinajstić information content (AvgIpc) is 2.45. The molecular formula is C16H18O3. The molecule has 3 heteroatoms. The van der Waals surface area contributed by atoms with E-state index < -0.39 is 6.10 Å². The smallest absolute Gasteiger partial charge is 0.167 e. The summed E-state index contributed by atoms with van der Waals surface area (Å²) < 4.78 is 11.1. The minimum absolute atomic E-state index is 0.445. The highest BCUT2D eigenvalue weighted by Gasteiger charge is 2.14. The van der Waals surface area contributed by atoms with Crippen LogP contribution in [0.3, 0.4) is 0 Å². The lowest BCUT2D eigenvalue weighted by atomic mass is 10.1. The van der Waals surface area contributed by atoms with Crippen LogP contribution in [0.4, 0.5) is 0 Å². The van der Waals surface area contributed by atoms with E-state index in [0.29, 0.717) is 18.1 Å². The van der Waals surface area contributed by atoms with Gasteiger partial charge in [0.05, 0.1) is 13.2 Å². The topological polar surface area (TPSA) is 38.7 Å². The first kappa shape index (κ1) is 13.4. The summed E-state index contributed by atoms with van der Waals surface area (Å²) in [5.41, 5.74) is 1.81. The van der Waals surface area contributed by atoms with Crippen LogP contribution in [0.25, 0.3) is 0 Å². The van der Waals surface area contributed by atoms with Gasteiger partial charge in [-0.05, 0) is 18.6 Å². The molecular weight excluding hydrogens is 240 g/mol. The molecule has 2 aromatic rings. The Morgan fingerprint density at radius 2 is 1.79 bits per heavy atom. The SMILES string of the molecule is COc1cccc([C@@H](C)O)c1OCc1ccccc1. The molecule has 0 bridgehead atoms. The normalized spacial score (nSPS) is 11.9. The van der Waals surface area contributed by atoms with Crippen molar-refractivity contribution in [2.75, 3.05) is 7.11 Å². The minimum atomic E-state index is -0.596. The lowest BCUT2D eigenvalue weighted by Gasteiger charge is -2.16. The van der Waals surface area contributed by atoms with Gasteiger partial charge in [0.1, 0.15) is 6.61 Å². The van der Waals surface area contributed by atoms with Crippen LogP contribution < -0.4 is 9.47 Å². The molecule has 1 N–H and O–H groups in total. The van der Waals surface area contributed by atoms with E-state index in [2.05, 4.69) is 0 Å². The number of aliphatic hydroxyl groups is 1. The molecule has 0 spiro atoms. The Morgan fingerprint density at radius 1 is 1.05 bits per heavy atom. The minimum Gasteiger partial charge on any atom is -0.493 e.